The van der Waals surface area contributed by atoms with Gasteiger partial charge in [-0.3, -0.25) is 4.79 Å². The summed E-state index contributed by atoms with van der Waals surface area (Å²) in [5, 5.41) is 5.15. The molecule has 1 aliphatic heterocycles. The van der Waals surface area contributed by atoms with E-state index in [9.17, 15) is 13.2 Å². The van der Waals surface area contributed by atoms with Crippen molar-refractivity contribution in [2.45, 2.75) is 12.8 Å². The summed E-state index contributed by atoms with van der Waals surface area (Å²) in [6.07, 6.45) is 2.36. The number of H-pyrrole nitrogens is 1. The van der Waals surface area contributed by atoms with Gasteiger partial charge in [0.25, 0.3) is 0 Å². The monoisotopic (exact) mass is 395 g/mol. The Balaban J connectivity index is 1.53. The Morgan fingerprint density at radius 2 is 1.89 bits per heavy atom. The van der Waals surface area contributed by atoms with E-state index in [0.717, 1.165) is 27.7 Å². The van der Waals surface area contributed by atoms with Gasteiger partial charge in [0.1, 0.15) is 0 Å². The van der Waals surface area contributed by atoms with E-state index >= 15 is 0 Å². The molecule has 0 spiro atoms. The molecule has 144 valence electrons. The lowest BCUT2D eigenvalue weighted by Gasteiger charge is -2.05. The number of para-hydroxylation sites is 1. The highest BCUT2D eigenvalue weighted by Gasteiger charge is 2.29. The molecule has 1 fully saturated rings. The lowest BCUT2D eigenvalue weighted by atomic mass is 10.1. The van der Waals surface area contributed by atoms with Crippen LogP contribution in [0.5, 0.6) is 0 Å². The van der Waals surface area contributed by atoms with Crippen molar-refractivity contribution in [3.05, 3.63) is 60.2 Å². The smallest absolute Gasteiger partial charge is 0.240 e. The number of hydrazone groups is 1. The van der Waals surface area contributed by atoms with Gasteiger partial charge in [-0.1, -0.05) is 48.5 Å². The average molecular weight is 395 g/mol. The molecule has 0 aliphatic carbocycles. The van der Waals surface area contributed by atoms with E-state index in [-0.39, 0.29) is 29.8 Å². The van der Waals surface area contributed by atoms with E-state index < -0.39 is 9.84 Å². The number of amides is 1. The standard InChI is InChI=1S/C21H21N3O3S/c25-20(12-15-10-11-28(26,27)14-15)24-22-13-18-17-8-4-5-9-19(17)23-21(18)16-6-2-1-3-7-16/h1-9,13,15,23H,10-12,14H2,(H,24,25)/b22-13+/t15-/m1/s1. The Bertz CT molecular complexity index is 1130. The van der Waals surface area contributed by atoms with Gasteiger partial charge in [0.05, 0.1) is 23.4 Å². The van der Waals surface area contributed by atoms with Gasteiger partial charge in [-0.05, 0) is 24.0 Å². The molecule has 2 heterocycles. The van der Waals surface area contributed by atoms with Crippen molar-refractivity contribution >= 4 is 32.9 Å². The molecule has 0 saturated carbocycles. The van der Waals surface area contributed by atoms with Crippen molar-refractivity contribution in [2.75, 3.05) is 11.5 Å². The Morgan fingerprint density at radius 1 is 1.14 bits per heavy atom. The third-order valence-electron chi connectivity index (χ3n) is 4.99. The summed E-state index contributed by atoms with van der Waals surface area (Å²) in [4.78, 5) is 15.5. The number of fused-ring (bicyclic) bond motifs is 1. The fraction of sp³-hybridized carbons (Fsp3) is 0.238. The molecular weight excluding hydrogens is 374 g/mol. The quantitative estimate of drug-likeness (QED) is 0.514. The molecule has 4 rings (SSSR count). The predicted octanol–water partition coefficient (Wildman–Crippen LogP) is 3.11. The largest absolute Gasteiger partial charge is 0.354 e. The van der Waals surface area contributed by atoms with Gasteiger partial charge in [0, 0.05) is 22.9 Å². The number of hydrogen-bond donors (Lipinski definition) is 2. The van der Waals surface area contributed by atoms with Crippen LogP contribution in [0.2, 0.25) is 0 Å². The van der Waals surface area contributed by atoms with Crippen LogP contribution in [0.1, 0.15) is 18.4 Å². The first-order valence-electron chi connectivity index (χ1n) is 9.20. The van der Waals surface area contributed by atoms with Gasteiger partial charge in [-0.25, -0.2) is 13.8 Å². The zero-order chi connectivity index (χ0) is 19.6. The molecule has 2 aromatic carbocycles. The minimum atomic E-state index is -2.98. The Morgan fingerprint density at radius 3 is 2.64 bits per heavy atom. The first-order chi connectivity index (χ1) is 13.5. The highest BCUT2D eigenvalue weighted by atomic mass is 32.2. The maximum atomic E-state index is 12.1. The summed E-state index contributed by atoms with van der Waals surface area (Å²) in [5.41, 5.74) is 6.39. The number of carbonyl (C=O) groups excluding carboxylic acids is 1. The molecule has 1 amide bonds. The van der Waals surface area contributed by atoms with E-state index in [1.807, 2.05) is 54.6 Å². The number of nitrogens with one attached hydrogen (secondary N) is 2. The minimum Gasteiger partial charge on any atom is -0.354 e. The van der Waals surface area contributed by atoms with Crippen molar-refractivity contribution in [1.82, 2.24) is 10.4 Å². The normalized spacial score (nSPS) is 18.6. The Labute approximate surface area is 163 Å². The maximum Gasteiger partial charge on any atom is 0.240 e. The van der Waals surface area contributed by atoms with Crippen LogP contribution in [-0.2, 0) is 14.6 Å². The molecule has 7 heteroatoms. The summed E-state index contributed by atoms with van der Waals surface area (Å²) in [6, 6.07) is 17.9. The number of carbonyl (C=O) groups is 1. The van der Waals surface area contributed by atoms with E-state index in [1.54, 1.807) is 6.21 Å². The molecular formula is C21H21N3O3S. The van der Waals surface area contributed by atoms with Crippen LogP contribution in [0, 0.1) is 5.92 Å². The van der Waals surface area contributed by atoms with Crippen LogP contribution >= 0.6 is 0 Å². The van der Waals surface area contributed by atoms with Gasteiger partial charge < -0.3 is 4.98 Å². The molecule has 6 nitrogen and oxygen atoms in total. The van der Waals surface area contributed by atoms with Crippen LogP contribution in [-0.4, -0.2) is 37.0 Å². The second-order valence-corrected chi connectivity index (χ2v) is 9.32. The SMILES string of the molecule is O=C(C[C@H]1CCS(=O)(=O)C1)N/N=C/c1c(-c2ccccc2)[nH]c2ccccc12. The fourth-order valence-electron chi connectivity index (χ4n) is 3.64. The first-order valence-corrected chi connectivity index (χ1v) is 11.0. The average Bonchev–Trinajstić information content (AvgIpc) is 3.22. The summed E-state index contributed by atoms with van der Waals surface area (Å²) in [7, 11) is -2.98. The highest BCUT2D eigenvalue weighted by Crippen LogP contribution is 2.29. The lowest BCUT2D eigenvalue weighted by molar-refractivity contribution is -0.121. The predicted molar refractivity (Wildman–Crippen MR) is 111 cm³/mol. The van der Waals surface area contributed by atoms with E-state index in [2.05, 4.69) is 15.5 Å². The number of hydrogen-bond acceptors (Lipinski definition) is 4. The van der Waals surface area contributed by atoms with Gasteiger partial charge in [0.15, 0.2) is 9.84 Å². The summed E-state index contributed by atoms with van der Waals surface area (Å²) < 4.78 is 23.0. The molecule has 2 N–H and O–H groups in total. The Hall–Kier alpha value is -2.93. The van der Waals surface area contributed by atoms with E-state index in [4.69, 9.17) is 0 Å². The van der Waals surface area contributed by atoms with Gasteiger partial charge >= 0.3 is 0 Å². The molecule has 1 atom stereocenters. The van der Waals surface area contributed by atoms with Crippen LogP contribution in [0.4, 0.5) is 0 Å². The van der Waals surface area contributed by atoms with Gasteiger partial charge in [-0.15, -0.1) is 0 Å². The van der Waals surface area contributed by atoms with Crippen LogP contribution < -0.4 is 5.43 Å². The molecule has 1 aliphatic rings. The second kappa shape index (κ2) is 7.59. The zero-order valence-electron chi connectivity index (χ0n) is 15.3. The third-order valence-corrected chi connectivity index (χ3v) is 6.83. The molecule has 0 radical (unpaired) electrons. The summed E-state index contributed by atoms with van der Waals surface area (Å²) in [6.45, 7) is 0. The van der Waals surface area contributed by atoms with Crippen molar-refractivity contribution in [3.8, 4) is 11.3 Å². The van der Waals surface area contributed by atoms with E-state index in [1.165, 1.54) is 0 Å². The second-order valence-electron chi connectivity index (χ2n) is 7.09. The number of nitrogens with zero attached hydrogens (tertiary/aromatic N) is 1. The molecule has 1 saturated heterocycles. The Kier molecular flexibility index (Phi) is 5.00. The van der Waals surface area contributed by atoms with Crippen LogP contribution in [0.3, 0.4) is 0 Å². The summed E-state index contributed by atoms with van der Waals surface area (Å²) >= 11 is 0. The number of rotatable bonds is 5. The summed E-state index contributed by atoms with van der Waals surface area (Å²) in [5.74, 6) is -0.123. The molecule has 0 unspecified atom stereocenters. The highest BCUT2D eigenvalue weighted by molar-refractivity contribution is 7.91. The topological polar surface area (TPSA) is 91.4 Å². The molecule has 28 heavy (non-hydrogen) atoms. The number of benzene rings is 2. The molecule has 0 bridgehead atoms. The zero-order valence-corrected chi connectivity index (χ0v) is 16.1. The van der Waals surface area contributed by atoms with Crippen molar-refractivity contribution in [1.29, 1.82) is 0 Å². The number of sulfone groups is 1. The van der Waals surface area contributed by atoms with Crippen molar-refractivity contribution in [2.24, 2.45) is 11.0 Å². The maximum absolute atomic E-state index is 12.1. The van der Waals surface area contributed by atoms with Gasteiger partial charge in [-0.2, -0.15) is 5.10 Å². The number of aromatic amines is 1. The molecule has 3 aromatic rings. The van der Waals surface area contributed by atoms with E-state index in [0.29, 0.717) is 6.42 Å². The van der Waals surface area contributed by atoms with Crippen LogP contribution in [0.15, 0.2) is 59.7 Å². The van der Waals surface area contributed by atoms with Gasteiger partial charge in [0.2, 0.25) is 5.91 Å². The molecule has 1 aromatic heterocycles. The fourth-order valence-corrected chi connectivity index (χ4v) is 5.50. The number of aromatic nitrogens is 1. The minimum absolute atomic E-state index is 0.0880. The van der Waals surface area contributed by atoms with Crippen molar-refractivity contribution in [3.63, 3.8) is 0 Å². The third kappa shape index (κ3) is 3.99. The van der Waals surface area contributed by atoms with Crippen LogP contribution in [0.25, 0.3) is 22.2 Å². The lowest BCUT2D eigenvalue weighted by Crippen LogP contribution is -2.21. The van der Waals surface area contributed by atoms with Crippen molar-refractivity contribution < 1.29 is 13.2 Å². The first kappa shape index (κ1) is 18.4.